The molecule has 2 aromatic heterocycles. The number of nitrogens with one attached hydrogen (secondary N) is 3. The van der Waals surface area contributed by atoms with Crippen LogP contribution in [0.15, 0.2) is 127 Å². The summed E-state index contributed by atoms with van der Waals surface area (Å²) in [6.07, 6.45) is 13.3. The van der Waals surface area contributed by atoms with Gasteiger partial charge in [-0.2, -0.15) is 0 Å². The first-order valence-electron chi connectivity index (χ1n) is 32.3. The third kappa shape index (κ3) is 15.3. The number of carboxylic acids is 1. The Kier molecular flexibility index (Phi) is 23.3. The zero-order chi connectivity index (χ0) is 62.2. The van der Waals surface area contributed by atoms with Crippen molar-refractivity contribution in [2.45, 2.75) is 121 Å². The van der Waals surface area contributed by atoms with Crippen molar-refractivity contribution in [3.8, 4) is 0 Å². The molecular formula is C73H94N6O9. The van der Waals surface area contributed by atoms with Crippen LogP contribution in [0.5, 0.6) is 0 Å². The minimum atomic E-state index is -0.846. The van der Waals surface area contributed by atoms with Gasteiger partial charge in [-0.15, -0.1) is 0 Å². The van der Waals surface area contributed by atoms with Gasteiger partial charge in [-0.3, -0.25) is 14.4 Å². The molecule has 7 aromatic rings. The lowest BCUT2D eigenvalue weighted by atomic mass is 9.75. The van der Waals surface area contributed by atoms with Crippen molar-refractivity contribution in [1.82, 2.24) is 30.0 Å². The maximum Gasteiger partial charge on any atom is 0.335 e. The number of aromatic carboxylic acids is 1. The molecule has 0 spiro atoms. The Labute approximate surface area is 520 Å². The van der Waals surface area contributed by atoms with Gasteiger partial charge in [-0.1, -0.05) is 91.0 Å². The molecule has 5 aromatic carbocycles. The molecule has 2 saturated heterocycles. The SMILES string of the molecule is CCNC(=O)CC[C@@H](CO)N(C)C(=O)c1ccc2c(c1)c1c(n2C)CC[C@@H](C2CCOCC2)C1.CCNC(=O)CC[C@@H](COC(c1ccccc1)(c1ccccc1)c1ccccc1)NC.Cn1c2c(c3cc(C(=O)O)ccc31)C[C@H](C1CCOCC1)CC2. The van der Waals surface area contributed by atoms with Crippen molar-refractivity contribution in [3.05, 3.63) is 178 Å². The number of hydrogen-bond donors (Lipinski definition) is 5. The normalized spacial score (nSPS) is 17.7. The maximum atomic E-state index is 13.3. The molecule has 0 radical (unpaired) electrons. The Balaban J connectivity index is 0.000000160. The van der Waals surface area contributed by atoms with E-state index in [1.165, 1.54) is 59.1 Å². The molecule has 15 heteroatoms. The molecule has 470 valence electrons. The van der Waals surface area contributed by atoms with E-state index in [9.17, 15) is 29.4 Å². The lowest BCUT2D eigenvalue weighted by Gasteiger charge is -2.37. The van der Waals surface area contributed by atoms with Gasteiger partial charge in [-0.05, 0) is 186 Å². The number of rotatable bonds is 21. The Morgan fingerprint density at radius 3 is 1.47 bits per heavy atom. The number of aromatic nitrogens is 2. The van der Waals surface area contributed by atoms with Crippen LogP contribution in [-0.4, -0.2) is 127 Å². The number of hydrogen-bond acceptors (Lipinski definition) is 9. The smallest absolute Gasteiger partial charge is 0.335 e. The third-order valence-electron chi connectivity index (χ3n) is 19.4. The first-order valence-corrected chi connectivity index (χ1v) is 32.3. The number of carboxylic acid groups (broad SMARTS) is 1. The molecule has 11 rings (SSSR count). The van der Waals surface area contributed by atoms with E-state index in [2.05, 4.69) is 81.6 Å². The predicted molar refractivity (Wildman–Crippen MR) is 348 cm³/mol. The summed E-state index contributed by atoms with van der Waals surface area (Å²) in [5.74, 6) is 1.93. The monoisotopic (exact) mass is 1200 g/mol. The first-order chi connectivity index (χ1) is 42.8. The topological polar surface area (TPSA) is 186 Å². The predicted octanol–water partition coefficient (Wildman–Crippen LogP) is 11.0. The number of aliphatic hydroxyl groups is 1. The van der Waals surface area contributed by atoms with Crippen LogP contribution < -0.4 is 16.0 Å². The van der Waals surface area contributed by atoms with Gasteiger partial charge in [-0.25, -0.2) is 4.79 Å². The molecule has 4 aliphatic rings. The highest BCUT2D eigenvalue weighted by Crippen LogP contribution is 2.43. The van der Waals surface area contributed by atoms with Crippen LogP contribution >= 0.6 is 0 Å². The molecule has 5 N–H and O–H groups in total. The quantitative estimate of drug-likeness (QED) is 0.0434. The number of likely N-dealkylation sites (N-methyl/N-ethyl adjacent to an activating group) is 2. The van der Waals surface area contributed by atoms with E-state index in [1.54, 1.807) is 18.0 Å². The molecule has 0 bridgehead atoms. The largest absolute Gasteiger partial charge is 0.478 e. The molecular weight excluding hydrogens is 1100 g/mol. The van der Waals surface area contributed by atoms with Crippen LogP contribution in [0.1, 0.15) is 138 Å². The number of aryl methyl sites for hydroxylation is 2. The number of fused-ring (bicyclic) bond motifs is 6. The Morgan fingerprint density at radius 1 is 0.614 bits per heavy atom. The molecule has 2 aliphatic heterocycles. The van der Waals surface area contributed by atoms with Gasteiger partial charge in [0.1, 0.15) is 5.60 Å². The van der Waals surface area contributed by atoms with E-state index in [1.807, 2.05) is 99.8 Å². The molecule has 0 saturated carbocycles. The number of amides is 3. The highest BCUT2D eigenvalue weighted by Gasteiger charge is 2.39. The molecule has 4 heterocycles. The summed E-state index contributed by atoms with van der Waals surface area (Å²) in [5.41, 5.74) is 11.4. The molecule has 4 atom stereocenters. The van der Waals surface area contributed by atoms with Crippen molar-refractivity contribution in [1.29, 1.82) is 0 Å². The summed E-state index contributed by atoms with van der Waals surface area (Å²) in [6.45, 7) is 8.88. The van der Waals surface area contributed by atoms with Crippen molar-refractivity contribution in [2.75, 3.05) is 66.8 Å². The van der Waals surface area contributed by atoms with E-state index in [4.69, 9.17) is 14.2 Å². The summed E-state index contributed by atoms with van der Waals surface area (Å²) >= 11 is 0. The van der Waals surface area contributed by atoms with Crippen LogP contribution in [0.4, 0.5) is 0 Å². The standard InChI is InChI=1S/C27H39N3O4.C27H32N2O2.C19H23NO3/c1-4-28-26(32)10-7-21(17-31)29(2)27(33)20-6-9-25-23(16-20)22-15-19(5-8-24(22)30(25)3)18-11-13-34-14-12-18;1-3-29-26(30)20-19-25(28-2)21-31-27(22-13-7-4-8-14-22,23-15-9-5-10-16-23)24-17-11-6-12-18-24;1-20-17-4-2-13(12-6-8-23-9-7-12)10-15(17)16-11-14(19(21)22)3-5-18(16)20/h6,9,16,18-19,21,31H,4-5,7-8,10-15,17H2,1-3H3,(H,28,32);4-18,25,28H,3,19-21H2,1-2H3,(H,29,30);3,5,11-13H,2,4,6-10H2,1H3,(H,21,22)/t19-,21+;25-;13-/m101/s1. The zero-order valence-corrected chi connectivity index (χ0v) is 52.7. The Morgan fingerprint density at radius 2 is 1.05 bits per heavy atom. The van der Waals surface area contributed by atoms with Gasteiger partial charge in [0, 0.05) is 118 Å². The van der Waals surface area contributed by atoms with Crippen LogP contribution in [0.3, 0.4) is 0 Å². The van der Waals surface area contributed by atoms with Gasteiger partial charge in [0.25, 0.3) is 5.91 Å². The molecule has 2 aliphatic carbocycles. The van der Waals surface area contributed by atoms with Gasteiger partial charge >= 0.3 is 5.97 Å². The second-order valence-electron chi connectivity index (χ2n) is 24.5. The van der Waals surface area contributed by atoms with Gasteiger partial charge in [0.05, 0.1) is 24.8 Å². The van der Waals surface area contributed by atoms with Gasteiger partial charge in [0.2, 0.25) is 11.8 Å². The lowest BCUT2D eigenvalue weighted by molar-refractivity contribution is -0.122. The molecule has 2 fully saturated rings. The van der Waals surface area contributed by atoms with Crippen molar-refractivity contribution >= 4 is 45.5 Å². The van der Waals surface area contributed by atoms with E-state index in [0.29, 0.717) is 61.9 Å². The number of nitrogens with zero attached hydrogens (tertiary/aromatic N) is 3. The fraction of sp³-hybridized carbons (Fsp3) is 0.479. The summed E-state index contributed by atoms with van der Waals surface area (Å²) in [4.78, 5) is 50.0. The summed E-state index contributed by atoms with van der Waals surface area (Å²) in [5, 5.41) is 30.4. The van der Waals surface area contributed by atoms with Crippen LogP contribution in [0, 0.1) is 23.7 Å². The highest BCUT2D eigenvalue weighted by atomic mass is 16.5. The minimum Gasteiger partial charge on any atom is -0.478 e. The Hall–Kier alpha value is -7.14. The van der Waals surface area contributed by atoms with Crippen LogP contribution in [0.25, 0.3) is 21.8 Å². The number of aliphatic hydroxyl groups excluding tert-OH is 1. The fourth-order valence-corrected chi connectivity index (χ4v) is 14.3. The van der Waals surface area contributed by atoms with Crippen molar-refractivity contribution in [2.24, 2.45) is 37.8 Å². The molecule has 88 heavy (non-hydrogen) atoms. The van der Waals surface area contributed by atoms with E-state index in [-0.39, 0.29) is 36.8 Å². The number of carbonyl (C=O) groups is 4. The molecule has 3 amide bonds. The lowest BCUT2D eigenvalue weighted by Crippen LogP contribution is -2.40. The summed E-state index contributed by atoms with van der Waals surface area (Å²) in [6, 6.07) is 42.2. The fourth-order valence-electron chi connectivity index (χ4n) is 14.3. The maximum absolute atomic E-state index is 13.3. The minimum absolute atomic E-state index is 0.0538. The van der Waals surface area contributed by atoms with Crippen molar-refractivity contribution in [3.63, 3.8) is 0 Å². The highest BCUT2D eigenvalue weighted by molar-refractivity contribution is 5.99. The van der Waals surface area contributed by atoms with E-state index < -0.39 is 17.6 Å². The number of benzene rings is 5. The third-order valence-corrected chi connectivity index (χ3v) is 19.4. The molecule has 0 unspecified atom stereocenters. The first kappa shape index (κ1) is 65.3. The number of ether oxygens (including phenoxy) is 3. The van der Waals surface area contributed by atoms with Crippen molar-refractivity contribution < 1.29 is 43.6 Å². The molecule has 15 nitrogen and oxygen atoms in total. The summed E-state index contributed by atoms with van der Waals surface area (Å²) < 4.78 is 22.5. The average Bonchev–Trinajstić information content (AvgIpc) is 1.38. The van der Waals surface area contributed by atoms with E-state index >= 15 is 0 Å². The Bertz CT molecular complexity index is 3310. The number of carbonyl (C=O) groups excluding carboxylic acids is 3. The summed E-state index contributed by atoms with van der Waals surface area (Å²) in [7, 11) is 7.87. The second kappa shape index (κ2) is 31.4. The van der Waals surface area contributed by atoms with E-state index in [0.717, 1.165) is 104 Å². The van der Waals surface area contributed by atoms with Crippen LogP contribution in [0.2, 0.25) is 0 Å². The van der Waals surface area contributed by atoms with Crippen LogP contribution in [-0.2, 0) is 69.2 Å². The zero-order valence-electron chi connectivity index (χ0n) is 52.7. The average molecular weight is 1200 g/mol. The van der Waals surface area contributed by atoms with Gasteiger partial charge < -0.3 is 54.4 Å². The van der Waals surface area contributed by atoms with Gasteiger partial charge in [0.15, 0.2) is 0 Å². The second-order valence-corrected chi connectivity index (χ2v) is 24.5.